The van der Waals surface area contributed by atoms with Crippen molar-refractivity contribution >= 4 is 44.6 Å². The van der Waals surface area contributed by atoms with E-state index in [1.54, 1.807) is 7.11 Å². The minimum atomic E-state index is 0.0292. The minimum absolute atomic E-state index is 0.0292. The highest BCUT2D eigenvalue weighted by molar-refractivity contribution is 7.21. The van der Waals surface area contributed by atoms with E-state index in [-0.39, 0.29) is 5.91 Å². The van der Waals surface area contributed by atoms with Crippen molar-refractivity contribution in [1.82, 2.24) is 4.90 Å². The first-order chi connectivity index (χ1) is 12.7. The van der Waals surface area contributed by atoms with E-state index in [1.807, 2.05) is 47.4 Å². The van der Waals surface area contributed by atoms with Gasteiger partial charge >= 0.3 is 0 Å². The Morgan fingerprint density at radius 2 is 1.85 bits per heavy atom. The summed E-state index contributed by atoms with van der Waals surface area (Å²) in [5, 5.41) is 1.53. The molecule has 0 N–H and O–H groups in total. The summed E-state index contributed by atoms with van der Waals surface area (Å²) in [5.41, 5.74) is 1.12. The molecule has 26 heavy (non-hydrogen) atoms. The van der Waals surface area contributed by atoms with E-state index in [1.165, 1.54) is 11.3 Å². The summed E-state index contributed by atoms with van der Waals surface area (Å²) in [6, 6.07) is 15.9. The van der Waals surface area contributed by atoms with E-state index in [2.05, 4.69) is 11.0 Å². The summed E-state index contributed by atoms with van der Waals surface area (Å²) < 4.78 is 6.35. The first-order valence-corrected chi connectivity index (χ1v) is 9.72. The van der Waals surface area contributed by atoms with Crippen molar-refractivity contribution in [2.45, 2.75) is 0 Å². The molecule has 0 aliphatic carbocycles. The van der Waals surface area contributed by atoms with Gasteiger partial charge in [-0.05, 0) is 18.2 Å². The van der Waals surface area contributed by atoms with E-state index in [4.69, 9.17) is 16.3 Å². The van der Waals surface area contributed by atoms with E-state index in [9.17, 15) is 4.79 Å². The molecule has 0 unspecified atom stereocenters. The Hall–Kier alpha value is -2.24. The average molecular weight is 387 g/mol. The Bertz CT molecular complexity index is 948. The lowest BCUT2D eigenvalue weighted by molar-refractivity contribution is 0.0752. The van der Waals surface area contributed by atoms with Gasteiger partial charge in [0.25, 0.3) is 5.91 Å². The predicted octanol–water partition coefficient (Wildman–Crippen LogP) is 4.53. The SMILES string of the molecule is COc1cccc(N2CCN(C(=O)c3sc4ccccc4c3Cl)CC2)c1. The lowest BCUT2D eigenvalue weighted by atomic mass is 10.2. The number of rotatable bonds is 3. The molecular weight excluding hydrogens is 368 g/mol. The number of fused-ring (bicyclic) bond motifs is 1. The largest absolute Gasteiger partial charge is 0.497 e. The number of nitrogens with zero attached hydrogens (tertiary/aromatic N) is 2. The van der Waals surface area contributed by atoms with Crippen molar-refractivity contribution in [2.24, 2.45) is 0 Å². The molecule has 0 radical (unpaired) electrons. The number of carbonyl (C=O) groups is 1. The third-order valence-corrected chi connectivity index (χ3v) is 6.38. The first kappa shape index (κ1) is 17.2. The molecule has 0 atom stereocenters. The molecule has 0 saturated carbocycles. The second kappa shape index (κ2) is 7.17. The number of hydrogen-bond acceptors (Lipinski definition) is 4. The molecule has 0 bridgehead atoms. The molecule has 2 heterocycles. The van der Waals surface area contributed by atoms with E-state index in [0.717, 1.165) is 34.6 Å². The van der Waals surface area contributed by atoms with Crippen LogP contribution in [0.4, 0.5) is 5.69 Å². The van der Waals surface area contributed by atoms with Gasteiger partial charge in [-0.15, -0.1) is 11.3 Å². The van der Waals surface area contributed by atoms with Gasteiger partial charge in [-0.25, -0.2) is 0 Å². The van der Waals surface area contributed by atoms with Crippen molar-refractivity contribution in [2.75, 3.05) is 38.2 Å². The van der Waals surface area contributed by atoms with Gasteiger partial charge in [0, 0.05) is 48.0 Å². The van der Waals surface area contributed by atoms with Crippen molar-refractivity contribution in [3.05, 3.63) is 58.4 Å². The molecule has 6 heteroatoms. The number of piperazine rings is 1. The van der Waals surface area contributed by atoms with E-state index < -0.39 is 0 Å². The summed E-state index contributed by atoms with van der Waals surface area (Å²) in [4.78, 5) is 17.8. The highest BCUT2D eigenvalue weighted by Crippen LogP contribution is 2.36. The van der Waals surface area contributed by atoms with Crippen LogP contribution in [0.3, 0.4) is 0 Å². The monoisotopic (exact) mass is 386 g/mol. The number of halogens is 1. The third kappa shape index (κ3) is 3.13. The fraction of sp³-hybridized carbons (Fsp3) is 0.250. The molecule has 134 valence electrons. The summed E-state index contributed by atoms with van der Waals surface area (Å²) in [7, 11) is 1.67. The zero-order chi connectivity index (χ0) is 18.1. The number of ether oxygens (including phenoxy) is 1. The maximum Gasteiger partial charge on any atom is 0.265 e. The predicted molar refractivity (Wildman–Crippen MR) is 108 cm³/mol. The Morgan fingerprint density at radius 3 is 2.58 bits per heavy atom. The van der Waals surface area contributed by atoms with Crippen LogP contribution < -0.4 is 9.64 Å². The molecule has 4 rings (SSSR count). The molecule has 3 aromatic rings. The molecule has 0 spiro atoms. The van der Waals surface area contributed by atoms with Crippen LogP contribution in [0.2, 0.25) is 5.02 Å². The van der Waals surface area contributed by atoms with Crippen LogP contribution in [-0.4, -0.2) is 44.1 Å². The molecule has 1 aromatic heterocycles. The molecule has 1 saturated heterocycles. The van der Waals surface area contributed by atoms with Crippen molar-refractivity contribution in [1.29, 1.82) is 0 Å². The number of benzene rings is 2. The summed E-state index contributed by atoms with van der Waals surface area (Å²) >= 11 is 7.94. The maximum atomic E-state index is 12.9. The Kier molecular flexibility index (Phi) is 4.74. The lowest BCUT2D eigenvalue weighted by Crippen LogP contribution is -2.48. The zero-order valence-corrected chi connectivity index (χ0v) is 16.0. The fourth-order valence-electron chi connectivity index (χ4n) is 3.27. The van der Waals surface area contributed by atoms with Crippen LogP contribution in [0.25, 0.3) is 10.1 Å². The van der Waals surface area contributed by atoms with Crippen LogP contribution >= 0.6 is 22.9 Å². The number of carbonyl (C=O) groups excluding carboxylic acids is 1. The van der Waals surface area contributed by atoms with Gasteiger partial charge in [0.05, 0.1) is 12.1 Å². The van der Waals surface area contributed by atoms with Crippen LogP contribution in [0, 0.1) is 0 Å². The second-order valence-corrected chi connectivity index (χ2v) is 7.65. The third-order valence-electron chi connectivity index (χ3n) is 4.71. The van der Waals surface area contributed by atoms with Crippen LogP contribution in [0.15, 0.2) is 48.5 Å². The Morgan fingerprint density at radius 1 is 1.08 bits per heavy atom. The normalized spacial score (nSPS) is 14.7. The smallest absolute Gasteiger partial charge is 0.265 e. The molecule has 1 fully saturated rings. The van der Waals surface area contributed by atoms with Crippen molar-refractivity contribution in [3.63, 3.8) is 0 Å². The van der Waals surface area contributed by atoms with E-state index in [0.29, 0.717) is 23.0 Å². The van der Waals surface area contributed by atoms with E-state index >= 15 is 0 Å². The van der Waals surface area contributed by atoms with Crippen molar-refractivity contribution in [3.8, 4) is 5.75 Å². The van der Waals surface area contributed by atoms with Gasteiger partial charge in [-0.2, -0.15) is 0 Å². The van der Waals surface area contributed by atoms with Gasteiger partial charge < -0.3 is 14.5 Å². The van der Waals surface area contributed by atoms with Gasteiger partial charge in [-0.3, -0.25) is 4.79 Å². The Balaban J connectivity index is 1.48. The van der Waals surface area contributed by atoms with Crippen LogP contribution in [0.1, 0.15) is 9.67 Å². The molecular formula is C20H19ClN2O2S. The number of thiophene rings is 1. The Labute approximate surface area is 161 Å². The first-order valence-electron chi connectivity index (χ1n) is 8.52. The maximum absolute atomic E-state index is 12.9. The summed E-state index contributed by atoms with van der Waals surface area (Å²) in [5.74, 6) is 0.875. The highest BCUT2D eigenvalue weighted by Gasteiger charge is 2.26. The van der Waals surface area contributed by atoms with Crippen LogP contribution in [0.5, 0.6) is 5.75 Å². The molecule has 1 amide bonds. The summed E-state index contributed by atoms with van der Waals surface area (Å²) in [6.07, 6.45) is 0. The molecule has 4 nitrogen and oxygen atoms in total. The van der Waals surface area contributed by atoms with Crippen molar-refractivity contribution < 1.29 is 9.53 Å². The lowest BCUT2D eigenvalue weighted by Gasteiger charge is -2.36. The van der Waals surface area contributed by atoms with Gasteiger partial charge in [0.15, 0.2) is 0 Å². The topological polar surface area (TPSA) is 32.8 Å². The number of amides is 1. The number of anilines is 1. The van der Waals surface area contributed by atoms with Gasteiger partial charge in [0.2, 0.25) is 0 Å². The quantitative estimate of drug-likeness (QED) is 0.663. The molecule has 1 aliphatic heterocycles. The van der Waals surface area contributed by atoms with Gasteiger partial charge in [0.1, 0.15) is 10.6 Å². The number of methoxy groups -OCH3 is 1. The second-order valence-electron chi connectivity index (χ2n) is 6.22. The van der Waals surface area contributed by atoms with Crippen LogP contribution in [-0.2, 0) is 0 Å². The highest BCUT2D eigenvalue weighted by atomic mass is 35.5. The molecule has 1 aliphatic rings. The number of hydrogen-bond donors (Lipinski definition) is 0. The fourth-order valence-corrected chi connectivity index (χ4v) is 4.75. The average Bonchev–Trinajstić information content (AvgIpc) is 3.04. The zero-order valence-electron chi connectivity index (χ0n) is 14.4. The standard InChI is InChI=1S/C20H19ClN2O2S/c1-25-15-6-4-5-14(13-15)22-9-11-23(12-10-22)20(24)19-18(21)16-7-2-3-8-17(16)26-19/h2-8,13H,9-12H2,1H3. The minimum Gasteiger partial charge on any atom is -0.497 e. The van der Waals surface area contributed by atoms with Gasteiger partial charge in [-0.1, -0.05) is 35.9 Å². The molecule has 2 aromatic carbocycles. The summed E-state index contributed by atoms with van der Waals surface area (Å²) in [6.45, 7) is 2.95.